The molecule has 1 heterocycles. The maximum absolute atomic E-state index is 12.4. The minimum atomic E-state index is -3.48. The zero-order valence-corrected chi connectivity index (χ0v) is 14.0. The Hall–Kier alpha value is -0.370. The van der Waals surface area contributed by atoms with E-state index in [2.05, 4.69) is 28.2 Å². The van der Waals surface area contributed by atoms with E-state index in [1.807, 2.05) is 0 Å². The van der Waals surface area contributed by atoms with Crippen LogP contribution in [-0.2, 0) is 16.6 Å². The van der Waals surface area contributed by atoms with Crippen LogP contribution >= 0.6 is 15.9 Å². The van der Waals surface area contributed by atoms with Crippen LogP contribution in [0.2, 0.25) is 0 Å². The lowest BCUT2D eigenvalue weighted by molar-refractivity contribution is 0.447. The molecule has 0 radical (unpaired) electrons. The van der Waals surface area contributed by atoms with Crippen molar-refractivity contribution in [2.75, 3.05) is 20.6 Å². The minimum absolute atomic E-state index is 0.191. The summed E-state index contributed by atoms with van der Waals surface area (Å²) in [5.74, 6) is 0.593. The highest BCUT2D eigenvalue weighted by Crippen LogP contribution is 2.28. The SMILES string of the molecule is CCCCCN(C)S(=O)(=O)c1cc(CNC)oc1Br. The van der Waals surface area contributed by atoms with Crippen LogP contribution in [0, 0.1) is 0 Å². The van der Waals surface area contributed by atoms with Gasteiger partial charge in [-0.2, -0.15) is 0 Å². The summed E-state index contributed by atoms with van der Waals surface area (Å²) in [5, 5.41) is 2.92. The first-order valence-corrected chi connectivity index (χ1v) is 8.56. The molecule has 1 rings (SSSR count). The van der Waals surface area contributed by atoms with Gasteiger partial charge >= 0.3 is 0 Å². The normalized spacial score (nSPS) is 12.3. The molecule has 0 aliphatic carbocycles. The number of halogens is 1. The molecule has 110 valence electrons. The van der Waals surface area contributed by atoms with Gasteiger partial charge in [-0.3, -0.25) is 0 Å². The topological polar surface area (TPSA) is 62.6 Å². The average molecular weight is 353 g/mol. The van der Waals surface area contributed by atoms with Crippen LogP contribution in [0.1, 0.15) is 31.9 Å². The fraction of sp³-hybridized carbons (Fsp3) is 0.667. The summed E-state index contributed by atoms with van der Waals surface area (Å²) in [6, 6.07) is 1.56. The van der Waals surface area contributed by atoms with Gasteiger partial charge in [0.1, 0.15) is 10.7 Å². The molecular formula is C12H21BrN2O3S. The largest absolute Gasteiger partial charge is 0.452 e. The molecule has 0 saturated carbocycles. The van der Waals surface area contributed by atoms with E-state index in [9.17, 15) is 8.42 Å². The van der Waals surface area contributed by atoms with Crippen molar-refractivity contribution >= 4 is 26.0 Å². The van der Waals surface area contributed by atoms with E-state index in [0.29, 0.717) is 18.8 Å². The van der Waals surface area contributed by atoms with Crippen molar-refractivity contribution < 1.29 is 12.8 Å². The predicted molar refractivity (Wildman–Crippen MR) is 78.5 cm³/mol. The Kier molecular flexibility index (Phi) is 6.52. The van der Waals surface area contributed by atoms with Crippen LogP contribution in [0.3, 0.4) is 0 Å². The number of nitrogens with zero attached hydrogens (tertiary/aromatic N) is 1. The van der Waals surface area contributed by atoms with Crippen molar-refractivity contribution in [2.24, 2.45) is 0 Å². The van der Waals surface area contributed by atoms with Crippen LogP contribution in [0.4, 0.5) is 0 Å². The highest BCUT2D eigenvalue weighted by Gasteiger charge is 2.26. The Morgan fingerprint density at radius 3 is 2.68 bits per heavy atom. The lowest BCUT2D eigenvalue weighted by Gasteiger charge is -2.15. The molecule has 0 unspecified atom stereocenters. The van der Waals surface area contributed by atoms with E-state index in [1.165, 1.54) is 4.31 Å². The number of rotatable bonds is 8. The summed E-state index contributed by atoms with van der Waals surface area (Å²) in [6.07, 6.45) is 2.96. The zero-order valence-electron chi connectivity index (χ0n) is 11.6. The molecular weight excluding hydrogens is 332 g/mol. The highest BCUT2D eigenvalue weighted by atomic mass is 79.9. The monoisotopic (exact) mass is 352 g/mol. The summed E-state index contributed by atoms with van der Waals surface area (Å²) in [7, 11) is -0.104. The summed E-state index contributed by atoms with van der Waals surface area (Å²) in [6.45, 7) is 3.11. The van der Waals surface area contributed by atoms with E-state index in [4.69, 9.17) is 4.42 Å². The molecule has 1 aromatic rings. The van der Waals surface area contributed by atoms with Crippen molar-refractivity contribution in [3.05, 3.63) is 16.5 Å². The summed E-state index contributed by atoms with van der Waals surface area (Å²) >= 11 is 3.17. The zero-order chi connectivity index (χ0) is 14.5. The average Bonchev–Trinajstić information content (AvgIpc) is 2.71. The van der Waals surface area contributed by atoms with Crippen LogP contribution in [-0.4, -0.2) is 33.4 Å². The molecule has 5 nitrogen and oxygen atoms in total. The molecule has 1 N–H and O–H groups in total. The molecule has 1 aromatic heterocycles. The van der Waals surface area contributed by atoms with Crippen LogP contribution in [0.25, 0.3) is 0 Å². The van der Waals surface area contributed by atoms with Crippen molar-refractivity contribution in [3.63, 3.8) is 0 Å². The molecule has 0 bridgehead atoms. The lowest BCUT2D eigenvalue weighted by atomic mass is 10.2. The van der Waals surface area contributed by atoms with Crippen molar-refractivity contribution in [3.8, 4) is 0 Å². The van der Waals surface area contributed by atoms with E-state index in [1.54, 1.807) is 20.2 Å². The Balaban J connectivity index is 2.86. The second-order valence-electron chi connectivity index (χ2n) is 4.41. The molecule has 0 fully saturated rings. The maximum atomic E-state index is 12.4. The van der Waals surface area contributed by atoms with Crippen molar-refractivity contribution in [1.82, 2.24) is 9.62 Å². The first-order chi connectivity index (χ1) is 8.93. The Morgan fingerprint density at radius 2 is 2.11 bits per heavy atom. The quantitative estimate of drug-likeness (QED) is 0.730. The molecule has 7 heteroatoms. The summed E-state index contributed by atoms with van der Waals surface area (Å²) in [5.41, 5.74) is 0. The number of sulfonamides is 1. The van der Waals surface area contributed by atoms with Crippen LogP contribution < -0.4 is 5.32 Å². The Labute approximate surface area is 123 Å². The molecule has 19 heavy (non-hydrogen) atoms. The third kappa shape index (κ3) is 4.30. The number of unbranched alkanes of at least 4 members (excludes halogenated alkanes) is 2. The minimum Gasteiger partial charge on any atom is -0.452 e. The van der Waals surface area contributed by atoms with Gasteiger partial charge in [-0.25, -0.2) is 12.7 Å². The smallest absolute Gasteiger partial charge is 0.247 e. The van der Waals surface area contributed by atoms with Gasteiger partial charge in [0, 0.05) is 19.7 Å². The summed E-state index contributed by atoms with van der Waals surface area (Å²) in [4.78, 5) is 0.191. The van der Waals surface area contributed by atoms with Gasteiger partial charge in [0.2, 0.25) is 10.0 Å². The van der Waals surface area contributed by atoms with Gasteiger partial charge in [0.05, 0.1) is 6.54 Å². The maximum Gasteiger partial charge on any atom is 0.247 e. The van der Waals surface area contributed by atoms with Gasteiger partial charge in [0.25, 0.3) is 0 Å². The van der Waals surface area contributed by atoms with E-state index in [-0.39, 0.29) is 9.56 Å². The van der Waals surface area contributed by atoms with Gasteiger partial charge in [0.15, 0.2) is 4.67 Å². The first-order valence-electron chi connectivity index (χ1n) is 6.32. The molecule has 0 spiro atoms. The van der Waals surface area contributed by atoms with Crippen molar-refractivity contribution in [1.29, 1.82) is 0 Å². The highest BCUT2D eigenvalue weighted by molar-refractivity contribution is 9.10. The number of furan rings is 1. The predicted octanol–water partition coefficient (Wildman–Crippen LogP) is 2.57. The first kappa shape index (κ1) is 16.7. The van der Waals surface area contributed by atoms with E-state index < -0.39 is 10.0 Å². The van der Waals surface area contributed by atoms with Crippen LogP contribution in [0.15, 0.2) is 20.0 Å². The Morgan fingerprint density at radius 1 is 1.42 bits per heavy atom. The summed E-state index contributed by atoms with van der Waals surface area (Å²) < 4.78 is 31.8. The van der Waals surface area contributed by atoms with E-state index in [0.717, 1.165) is 19.3 Å². The molecule has 0 saturated heterocycles. The van der Waals surface area contributed by atoms with E-state index >= 15 is 0 Å². The van der Waals surface area contributed by atoms with Crippen molar-refractivity contribution in [2.45, 2.75) is 37.6 Å². The molecule has 0 aliphatic heterocycles. The second-order valence-corrected chi connectivity index (χ2v) is 7.15. The fourth-order valence-electron chi connectivity index (χ4n) is 1.71. The molecule has 0 amide bonds. The molecule has 0 aliphatic rings. The third-order valence-corrected chi connectivity index (χ3v) is 5.54. The fourth-order valence-corrected chi connectivity index (χ4v) is 3.87. The number of hydrogen-bond donors (Lipinski definition) is 1. The van der Waals surface area contributed by atoms with Gasteiger partial charge in [-0.1, -0.05) is 19.8 Å². The number of nitrogens with one attached hydrogen (secondary N) is 1. The van der Waals surface area contributed by atoms with Crippen LogP contribution in [0.5, 0.6) is 0 Å². The Bertz CT molecular complexity index is 499. The number of hydrogen-bond acceptors (Lipinski definition) is 4. The molecule has 0 aromatic carbocycles. The van der Waals surface area contributed by atoms with Gasteiger partial charge in [-0.15, -0.1) is 0 Å². The second kappa shape index (κ2) is 7.42. The van der Waals surface area contributed by atoms with Gasteiger partial charge < -0.3 is 9.73 Å². The lowest BCUT2D eigenvalue weighted by Crippen LogP contribution is -2.27. The standard InChI is InChI=1S/C12H21BrN2O3S/c1-4-5-6-7-15(3)19(16,17)11-8-10(9-14-2)18-12(11)13/h8,14H,4-7,9H2,1-3H3. The van der Waals surface area contributed by atoms with Gasteiger partial charge in [-0.05, 0) is 29.4 Å². The third-order valence-electron chi connectivity index (χ3n) is 2.82. The molecule has 0 atom stereocenters.